The summed E-state index contributed by atoms with van der Waals surface area (Å²) in [4.78, 5) is 0. The molecule has 0 heterocycles. The van der Waals surface area contributed by atoms with Crippen molar-refractivity contribution in [2.75, 3.05) is 0 Å². The standard InChI is InChI=1S/C6H15NO3S/c1-5(7-11(9)10)4-6(2,3)8/h5,7-8H,4H2,1-3H3,(H,9,10). The Hall–Kier alpha value is 0.0300. The largest absolute Gasteiger partial charge is 0.390 e. The Kier molecular flexibility index (Phi) is 4.17. The summed E-state index contributed by atoms with van der Waals surface area (Å²) >= 11 is -1.99. The minimum atomic E-state index is -1.99. The maximum Gasteiger partial charge on any atom is 0.231 e. The van der Waals surface area contributed by atoms with Crippen molar-refractivity contribution in [1.29, 1.82) is 0 Å². The molecule has 0 rings (SSSR count). The topological polar surface area (TPSA) is 69.6 Å². The van der Waals surface area contributed by atoms with Gasteiger partial charge in [-0.05, 0) is 27.2 Å². The fourth-order valence-electron chi connectivity index (χ4n) is 0.963. The van der Waals surface area contributed by atoms with E-state index >= 15 is 0 Å². The summed E-state index contributed by atoms with van der Waals surface area (Å²) in [5.74, 6) is 0. The lowest BCUT2D eigenvalue weighted by atomic mass is 10.0. The molecule has 0 saturated carbocycles. The van der Waals surface area contributed by atoms with Crippen LogP contribution < -0.4 is 4.72 Å². The summed E-state index contributed by atoms with van der Waals surface area (Å²) in [6.07, 6.45) is 0.444. The summed E-state index contributed by atoms with van der Waals surface area (Å²) in [6, 6.07) is -0.166. The second-order valence-electron chi connectivity index (χ2n) is 3.28. The molecule has 0 aliphatic heterocycles. The highest BCUT2D eigenvalue weighted by Crippen LogP contribution is 2.09. The predicted octanol–water partition coefficient (Wildman–Crippen LogP) is 0.262. The number of hydrogen-bond donors (Lipinski definition) is 3. The van der Waals surface area contributed by atoms with Crippen LogP contribution in [0.3, 0.4) is 0 Å². The molecular formula is C6H15NO3S. The van der Waals surface area contributed by atoms with Gasteiger partial charge in [-0.25, -0.2) is 8.93 Å². The van der Waals surface area contributed by atoms with Crippen molar-refractivity contribution in [3.05, 3.63) is 0 Å². The Labute approximate surface area is 69.4 Å². The third-order valence-corrected chi connectivity index (χ3v) is 1.71. The van der Waals surface area contributed by atoms with Crippen molar-refractivity contribution in [2.24, 2.45) is 0 Å². The minimum absolute atomic E-state index is 0.166. The Morgan fingerprint density at radius 1 is 1.64 bits per heavy atom. The highest BCUT2D eigenvalue weighted by Gasteiger charge is 2.17. The summed E-state index contributed by atoms with van der Waals surface area (Å²) in [5, 5.41) is 9.28. The molecule has 0 spiro atoms. The van der Waals surface area contributed by atoms with E-state index in [1.807, 2.05) is 0 Å². The van der Waals surface area contributed by atoms with Gasteiger partial charge in [0.1, 0.15) is 0 Å². The van der Waals surface area contributed by atoms with Crippen LogP contribution in [0.2, 0.25) is 0 Å². The zero-order valence-corrected chi connectivity index (χ0v) is 7.81. The van der Waals surface area contributed by atoms with Crippen molar-refractivity contribution < 1.29 is 13.9 Å². The summed E-state index contributed by atoms with van der Waals surface area (Å²) < 4.78 is 21.0. The van der Waals surface area contributed by atoms with E-state index in [0.29, 0.717) is 6.42 Å². The van der Waals surface area contributed by atoms with E-state index in [4.69, 9.17) is 4.55 Å². The first-order chi connectivity index (χ1) is 4.81. The summed E-state index contributed by atoms with van der Waals surface area (Å²) in [6.45, 7) is 5.06. The second kappa shape index (κ2) is 4.15. The number of nitrogens with one attached hydrogen (secondary N) is 1. The van der Waals surface area contributed by atoms with E-state index in [1.54, 1.807) is 20.8 Å². The first-order valence-electron chi connectivity index (χ1n) is 3.40. The van der Waals surface area contributed by atoms with Crippen molar-refractivity contribution in [1.82, 2.24) is 4.72 Å². The molecule has 4 nitrogen and oxygen atoms in total. The summed E-state index contributed by atoms with van der Waals surface area (Å²) in [7, 11) is 0. The molecule has 0 amide bonds. The molecular weight excluding hydrogens is 166 g/mol. The van der Waals surface area contributed by atoms with Gasteiger partial charge in [0, 0.05) is 6.04 Å². The zero-order valence-electron chi connectivity index (χ0n) is 7.00. The van der Waals surface area contributed by atoms with Gasteiger partial charge in [-0.15, -0.1) is 0 Å². The van der Waals surface area contributed by atoms with E-state index in [9.17, 15) is 9.32 Å². The molecule has 5 heteroatoms. The number of hydrogen-bond acceptors (Lipinski definition) is 2. The minimum Gasteiger partial charge on any atom is -0.390 e. The lowest BCUT2D eigenvalue weighted by Crippen LogP contribution is -2.35. The average molecular weight is 181 g/mol. The van der Waals surface area contributed by atoms with Crippen molar-refractivity contribution >= 4 is 11.3 Å². The van der Waals surface area contributed by atoms with Gasteiger partial charge in [0.15, 0.2) is 0 Å². The maximum atomic E-state index is 10.2. The molecule has 0 aromatic rings. The highest BCUT2D eigenvalue weighted by molar-refractivity contribution is 7.77. The van der Waals surface area contributed by atoms with Gasteiger partial charge in [-0.2, -0.15) is 0 Å². The van der Waals surface area contributed by atoms with Crippen LogP contribution in [-0.4, -0.2) is 25.5 Å². The molecule has 0 aliphatic carbocycles. The molecule has 0 radical (unpaired) electrons. The number of rotatable bonds is 4. The zero-order chi connectivity index (χ0) is 9.07. The van der Waals surface area contributed by atoms with Crippen molar-refractivity contribution in [3.63, 3.8) is 0 Å². The average Bonchev–Trinajstić information content (AvgIpc) is 1.53. The second-order valence-corrected chi connectivity index (χ2v) is 4.02. The lowest BCUT2D eigenvalue weighted by molar-refractivity contribution is 0.0638. The first-order valence-corrected chi connectivity index (χ1v) is 4.51. The van der Waals surface area contributed by atoms with Gasteiger partial charge in [0.25, 0.3) is 0 Å². The first kappa shape index (κ1) is 11.0. The van der Waals surface area contributed by atoms with Gasteiger partial charge >= 0.3 is 0 Å². The fourth-order valence-corrected chi connectivity index (χ4v) is 1.39. The molecule has 0 fully saturated rings. The van der Waals surface area contributed by atoms with E-state index in [-0.39, 0.29) is 6.04 Å². The van der Waals surface area contributed by atoms with E-state index < -0.39 is 16.9 Å². The molecule has 11 heavy (non-hydrogen) atoms. The van der Waals surface area contributed by atoms with Crippen LogP contribution >= 0.6 is 0 Å². The normalized spacial score (nSPS) is 17.9. The molecule has 0 aromatic carbocycles. The number of aliphatic hydroxyl groups is 1. The van der Waals surface area contributed by atoms with E-state index in [1.165, 1.54) is 0 Å². The predicted molar refractivity (Wildman–Crippen MR) is 44.3 cm³/mol. The lowest BCUT2D eigenvalue weighted by Gasteiger charge is -2.21. The summed E-state index contributed by atoms with van der Waals surface area (Å²) in [5.41, 5.74) is -0.800. The van der Waals surface area contributed by atoms with Crippen LogP contribution in [0.25, 0.3) is 0 Å². The highest BCUT2D eigenvalue weighted by atomic mass is 32.2. The Balaban J connectivity index is 3.69. The van der Waals surface area contributed by atoms with Crippen LogP contribution in [0.15, 0.2) is 0 Å². The van der Waals surface area contributed by atoms with Gasteiger partial charge in [-0.1, -0.05) is 0 Å². The van der Waals surface area contributed by atoms with E-state index in [2.05, 4.69) is 4.72 Å². The molecule has 0 aliphatic rings. The van der Waals surface area contributed by atoms with Gasteiger partial charge in [0.2, 0.25) is 11.3 Å². The Bertz CT molecular complexity index is 143. The molecule has 2 unspecified atom stereocenters. The maximum absolute atomic E-state index is 10.2. The van der Waals surface area contributed by atoms with Crippen LogP contribution in [-0.2, 0) is 11.3 Å². The molecule has 0 saturated heterocycles. The van der Waals surface area contributed by atoms with Crippen molar-refractivity contribution in [2.45, 2.75) is 38.8 Å². The smallest absolute Gasteiger partial charge is 0.231 e. The molecule has 0 bridgehead atoms. The Morgan fingerprint density at radius 3 is 2.36 bits per heavy atom. The van der Waals surface area contributed by atoms with Crippen LogP contribution in [0, 0.1) is 0 Å². The Morgan fingerprint density at radius 2 is 2.09 bits per heavy atom. The fraction of sp³-hybridized carbons (Fsp3) is 1.00. The SMILES string of the molecule is CC(CC(C)(C)O)NS(=O)O. The van der Waals surface area contributed by atoms with Crippen molar-refractivity contribution in [3.8, 4) is 0 Å². The quantitative estimate of drug-likeness (QED) is 0.545. The van der Waals surface area contributed by atoms with Crippen LogP contribution in [0.1, 0.15) is 27.2 Å². The van der Waals surface area contributed by atoms with Gasteiger partial charge < -0.3 is 5.11 Å². The molecule has 3 N–H and O–H groups in total. The molecule has 68 valence electrons. The van der Waals surface area contributed by atoms with Gasteiger partial charge in [0.05, 0.1) is 5.60 Å². The van der Waals surface area contributed by atoms with E-state index in [0.717, 1.165) is 0 Å². The van der Waals surface area contributed by atoms with Crippen LogP contribution in [0.4, 0.5) is 0 Å². The molecule has 2 atom stereocenters. The molecule has 0 aromatic heterocycles. The third kappa shape index (κ3) is 7.93. The monoisotopic (exact) mass is 181 g/mol. The van der Waals surface area contributed by atoms with Gasteiger partial charge in [-0.3, -0.25) is 4.55 Å². The van der Waals surface area contributed by atoms with Crippen LogP contribution in [0.5, 0.6) is 0 Å². The third-order valence-electron chi connectivity index (χ3n) is 1.11.